The second-order valence-corrected chi connectivity index (χ2v) is 19.6. The third-order valence-electron chi connectivity index (χ3n) is 8.16. The largest absolute Gasteiger partial charge is 0.384 e. The highest BCUT2D eigenvalue weighted by Gasteiger charge is 2.48. The van der Waals surface area contributed by atoms with Crippen molar-refractivity contribution in [2.24, 2.45) is 28.3 Å². The van der Waals surface area contributed by atoms with E-state index in [1.807, 2.05) is 57.2 Å². The van der Waals surface area contributed by atoms with Crippen LogP contribution in [0, 0.1) is 5.41 Å². The van der Waals surface area contributed by atoms with E-state index in [0.717, 1.165) is 51.4 Å². The predicted molar refractivity (Wildman–Crippen MR) is 204 cm³/mol. The van der Waals surface area contributed by atoms with E-state index in [1.165, 1.54) is 0 Å². The molecule has 0 amide bonds. The van der Waals surface area contributed by atoms with Crippen molar-refractivity contribution in [3.05, 3.63) is 0 Å². The molecule has 12 heteroatoms. The molecule has 8 nitrogen and oxygen atoms in total. The van der Waals surface area contributed by atoms with Gasteiger partial charge in [0.05, 0.1) is 11.2 Å². The van der Waals surface area contributed by atoms with Gasteiger partial charge in [0, 0.05) is 48.5 Å². The molecule has 8 N–H and O–H groups in total. The third-order valence-corrected chi connectivity index (χ3v) is 8.16. The number of hydrogen-bond acceptors (Lipinski definition) is 8. The Hall–Kier alpha value is -0.0603. The first kappa shape index (κ1) is 44.9. The topological polar surface area (TPSA) is 141 Å². The van der Waals surface area contributed by atoms with E-state index in [9.17, 15) is 0 Å². The average molecular weight is 636 g/mol. The molecule has 0 aromatic rings. The van der Waals surface area contributed by atoms with Crippen LogP contribution in [0.1, 0.15) is 134 Å². The zero-order chi connectivity index (χ0) is 35.8. The van der Waals surface area contributed by atoms with E-state index in [4.69, 9.17) is 41.9 Å². The number of nitrogens with two attached hydrogens (primary N) is 4. The Morgan fingerprint density at radius 3 is 0.911 bits per heavy atom. The first-order chi connectivity index (χ1) is 19.7. The molecule has 0 fully saturated rings. The highest BCUT2D eigenvalue weighted by Crippen LogP contribution is 2.50. The maximum Gasteiger partial charge on any atom is 0.142 e. The molecule has 0 aromatic heterocycles. The monoisotopic (exact) mass is 637 g/mol. The van der Waals surface area contributed by atoms with Gasteiger partial charge in [-0.1, -0.05) is 13.8 Å². The van der Waals surface area contributed by atoms with E-state index >= 15 is 0 Å². The summed E-state index contributed by atoms with van der Waals surface area (Å²) in [6.45, 7) is 27.8. The average Bonchev–Trinajstić information content (AvgIpc) is 2.66. The van der Waals surface area contributed by atoms with Crippen LogP contribution >= 0.6 is 0 Å². The molecule has 45 heavy (non-hydrogen) atoms. The van der Waals surface area contributed by atoms with Gasteiger partial charge in [-0.25, -0.2) is 0 Å². The summed E-state index contributed by atoms with van der Waals surface area (Å²) in [6, 6.07) is 0. The summed E-state index contributed by atoms with van der Waals surface area (Å²) in [5.41, 5.74) is 22.1. The minimum atomic E-state index is -0.425. The first-order valence-corrected chi connectivity index (χ1v) is 17.4. The molecular formula is C33H76B4N4O4. The summed E-state index contributed by atoms with van der Waals surface area (Å²) in [6.07, 6.45) is 6.30. The Morgan fingerprint density at radius 1 is 0.400 bits per heavy atom. The van der Waals surface area contributed by atoms with Crippen molar-refractivity contribution in [3.63, 3.8) is 0 Å². The summed E-state index contributed by atoms with van der Waals surface area (Å²) < 4.78 is 26.5. The van der Waals surface area contributed by atoms with Crippen LogP contribution in [0.5, 0.6) is 0 Å². The molecule has 0 aliphatic heterocycles. The normalized spacial score (nSPS) is 20.4. The van der Waals surface area contributed by atoms with Crippen molar-refractivity contribution < 1.29 is 18.9 Å². The highest BCUT2D eigenvalue weighted by molar-refractivity contribution is 6.15. The molecule has 0 bridgehead atoms. The Kier molecular flexibility index (Phi) is 16.5. The van der Waals surface area contributed by atoms with Gasteiger partial charge < -0.3 is 41.9 Å². The van der Waals surface area contributed by atoms with Crippen molar-refractivity contribution >= 4 is 31.4 Å². The van der Waals surface area contributed by atoms with Crippen LogP contribution < -0.4 is 22.9 Å². The van der Waals surface area contributed by atoms with Gasteiger partial charge in [0.2, 0.25) is 0 Å². The number of rotatable bonds is 24. The lowest BCUT2D eigenvalue weighted by molar-refractivity contribution is -0.127. The summed E-state index contributed by atoms with van der Waals surface area (Å²) in [4.78, 5) is 0. The van der Waals surface area contributed by atoms with Crippen molar-refractivity contribution in [1.82, 2.24) is 0 Å². The molecule has 0 saturated carbocycles. The van der Waals surface area contributed by atoms with Gasteiger partial charge in [-0.15, -0.1) is 0 Å². The minimum Gasteiger partial charge on any atom is -0.384 e. The van der Waals surface area contributed by atoms with Crippen LogP contribution in [-0.4, -0.2) is 102 Å². The third kappa shape index (κ3) is 24.7. The van der Waals surface area contributed by atoms with Crippen LogP contribution in [0.15, 0.2) is 0 Å². The second-order valence-electron chi connectivity index (χ2n) is 19.6. The summed E-state index contributed by atoms with van der Waals surface area (Å²) >= 11 is 0. The zero-order valence-corrected chi connectivity index (χ0v) is 32.9. The van der Waals surface area contributed by atoms with Gasteiger partial charge >= 0.3 is 0 Å². The fraction of sp³-hybridized carbons (Fsp3) is 1.00. The quantitative estimate of drug-likeness (QED) is 0.117. The summed E-state index contributed by atoms with van der Waals surface area (Å²) in [5.74, 6) is 0. The molecule has 0 saturated heterocycles. The van der Waals surface area contributed by atoms with E-state index in [-0.39, 0.29) is 27.4 Å². The Bertz CT molecular complexity index is 717. The first-order valence-electron chi connectivity index (χ1n) is 17.4. The second kappa shape index (κ2) is 16.6. The Morgan fingerprint density at radius 2 is 0.667 bits per heavy atom. The minimum absolute atomic E-state index is 0.271. The SMILES string of the molecule is BC(C)(N)CCOC(C)(C)CC(CC(B)(C)OCCC(C)(C)N)(CC(B)(C)OCCC(C)(C)N)CC(C)(C)OCCC(B)(C)N. The molecule has 0 rings (SSSR count). The Balaban J connectivity index is 6.67. The molecule has 4 atom stereocenters. The molecule has 4 unspecified atom stereocenters. The Labute approximate surface area is 283 Å². The van der Waals surface area contributed by atoms with Crippen LogP contribution in [0.25, 0.3) is 0 Å². The standard InChI is InChI=1S/C33H76B4N4O4/c1-25(2,38)13-17-44-31(11,36)23-33(21-27(5,6)42-19-15-29(9,34)40,22-28(7,8)43-20-16-30(10,35)41)24-32(12,37)45-18-14-26(3,4)39/h13-24,34-41H2,1-12H3. The van der Waals surface area contributed by atoms with Crippen molar-refractivity contribution in [2.45, 2.75) is 179 Å². The van der Waals surface area contributed by atoms with Gasteiger partial charge in [-0.2, -0.15) is 0 Å². The van der Waals surface area contributed by atoms with E-state index in [2.05, 4.69) is 57.2 Å². The molecular weight excluding hydrogens is 560 g/mol. The lowest BCUT2D eigenvalue weighted by Crippen LogP contribution is -2.50. The van der Waals surface area contributed by atoms with E-state index in [1.54, 1.807) is 0 Å². The van der Waals surface area contributed by atoms with Gasteiger partial charge in [-0.05, 0) is 137 Å². The van der Waals surface area contributed by atoms with Crippen molar-refractivity contribution in [2.75, 3.05) is 26.4 Å². The lowest BCUT2D eigenvalue weighted by Gasteiger charge is -2.50. The van der Waals surface area contributed by atoms with Crippen molar-refractivity contribution in [1.29, 1.82) is 0 Å². The fourth-order valence-electron chi connectivity index (χ4n) is 6.55. The van der Waals surface area contributed by atoms with Crippen LogP contribution in [0.3, 0.4) is 0 Å². The molecule has 264 valence electrons. The zero-order valence-electron chi connectivity index (χ0n) is 32.9. The molecule has 0 radical (unpaired) electrons. The van der Waals surface area contributed by atoms with E-state index in [0.29, 0.717) is 26.4 Å². The summed E-state index contributed by atoms with van der Waals surface area (Å²) in [7, 11) is 8.49. The van der Waals surface area contributed by atoms with Crippen molar-refractivity contribution in [3.8, 4) is 0 Å². The predicted octanol–water partition coefficient (Wildman–Crippen LogP) is 1.51. The maximum absolute atomic E-state index is 6.63. The highest BCUT2D eigenvalue weighted by atomic mass is 16.5. The van der Waals surface area contributed by atoms with Crippen LogP contribution in [0.2, 0.25) is 0 Å². The lowest BCUT2D eigenvalue weighted by atomic mass is 9.56. The molecule has 0 aromatic carbocycles. The number of ether oxygens (including phenoxy) is 4. The van der Waals surface area contributed by atoms with Gasteiger partial charge in [0.25, 0.3) is 0 Å². The molecule has 0 aliphatic carbocycles. The fourth-order valence-corrected chi connectivity index (χ4v) is 6.55. The van der Waals surface area contributed by atoms with Crippen LogP contribution in [0.4, 0.5) is 0 Å². The van der Waals surface area contributed by atoms with Crippen LogP contribution in [-0.2, 0) is 18.9 Å². The number of hydrogen-bond donors (Lipinski definition) is 4. The van der Waals surface area contributed by atoms with Gasteiger partial charge in [-0.3, -0.25) is 0 Å². The van der Waals surface area contributed by atoms with Gasteiger partial charge in [0.15, 0.2) is 0 Å². The smallest absolute Gasteiger partial charge is 0.142 e. The molecule has 0 spiro atoms. The van der Waals surface area contributed by atoms with E-state index < -0.39 is 22.2 Å². The maximum atomic E-state index is 6.63. The molecule has 0 heterocycles. The van der Waals surface area contributed by atoms with Gasteiger partial charge in [0.1, 0.15) is 31.4 Å². The summed E-state index contributed by atoms with van der Waals surface area (Å²) in [5, 5.41) is 0. The molecule has 0 aliphatic rings.